The van der Waals surface area contributed by atoms with Crippen LogP contribution in [0.3, 0.4) is 0 Å². The summed E-state index contributed by atoms with van der Waals surface area (Å²) >= 11 is 6.24. The molecule has 1 aliphatic heterocycles. The molecule has 0 aliphatic carbocycles. The second kappa shape index (κ2) is 6.21. The Morgan fingerprint density at radius 3 is 3.00 bits per heavy atom. The van der Waals surface area contributed by atoms with E-state index in [9.17, 15) is 4.79 Å². The van der Waals surface area contributed by atoms with Crippen LogP contribution in [-0.2, 0) is 0 Å². The van der Waals surface area contributed by atoms with Crippen LogP contribution in [0.25, 0.3) is 0 Å². The molecule has 0 radical (unpaired) electrons. The normalized spacial score (nSPS) is 19.2. The maximum atomic E-state index is 10.7. The molecule has 0 saturated carbocycles. The molecule has 1 aromatic rings. The lowest BCUT2D eigenvalue weighted by molar-refractivity contribution is 0.112. The van der Waals surface area contributed by atoms with E-state index in [-0.39, 0.29) is 6.61 Å². The Morgan fingerprint density at radius 2 is 2.33 bits per heavy atom. The van der Waals surface area contributed by atoms with Crippen LogP contribution < -0.4 is 4.90 Å². The number of nitrogens with zero attached hydrogens (tertiary/aromatic N) is 1. The van der Waals surface area contributed by atoms with E-state index in [1.54, 1.807) is 12.1 Å². The van der Waals surface area contributed by atoms with Gasteiger partial charge in [-0.1, -0.05) is 11.6 Å². The summed E-state index contributed by atoms with van der Waals surface area (Å²) < 4.78 is 0. The van der Waals surface area contributed by atoms with Gasteiger partial charge in [0.25, 0.3) is 0 Å². The molecule has 1 saturated heterocycles. The molecule has 0 aromatic heterocycles. The van der Waals surface area contributed by atoms with E-state index in [4.69, 9.17) is 16.7 Å². The van der Waals surface area contributed by atoms with E-state index in [1.165, 1.54) is 0 Å². The van der Waals surface area contributed by atoms with Gasteiger partial charge in [-0.15, -0.1) is 0 Å². The molecule has 18 heavy (non-hydrogen) atoms. The minimum atomic E-state index is 0.238. The molecule has 2 rings (SSSR count). The number of aliphatic hydroxyl groups excluding tert-OH is 1. The molecule has 0 amide bonds. The molecule has 3 nitrogen and oxygen atoms in total. The highest BCUT2D eigenvalue weighted by Crippen LogP contribution is 2.33. The zero-order valence-electron chi connectivity index (χ0n) is 10.3. The number of halogens is 1. The predicted octanol–water partition coefficient (Wildman–Crippen LogP) is 2.89. The first-order chi connectivity index (χ1) is 8.76. The third-order valence-electron chi connectivity index (χ3n) is 3.49. The van der Waals surface area contributed by atoms with Crippen LogP contribution in [0.4, 0.5) is 5.69 Å². The number of rotatable bonds is 5. The molecule has 98 valence electrons. The molecule has 1 N–H and O–H groups in total. The summed E-state index contributed by atoms with van der Waals surface area (Å²) in [5, 5.41) is 9.56. The van der Waals surface area contributed by atoms with Gasteiger partial charge >= 0.3 is 0 Å². The fourth-order valence-electron chi connectivity index (χ4n) is 2.61. The van der Waals surface area contributed by atoms with Crippen LogP contribution in [0.2, 0.25) is 5.02 Å². The Labute approximate surface area is 112 Å². The van der Waals surface area contributed by atoms with Crippen molar-refractivity contribution in [3.05, 3.63) is 28.8 Å². The molecule has 0 spiro atoms. The number of carbonyl (C=O) groups excluding carboxylic acids is 1. The lowest BCUT2D eigenvalue weighted by atomic mass is 10.1. The summed E-state index contributed by atoms with van der Waals surface area (Å²) in [5.41, 5.74) is 1.61. The van der Waals surface area contributed by atoms with Gasteiger partial charge < -0.3 is 10.0 Å². The Bertz CT molecular complexity index is 422. The van der Waals surface area contributed by atoms with Gasteiger partial charge in [-0.05, 0) is 43.9 Å². The van der Waals surface area contributed by atoms with Crippen molar-refractivity contribution in [3.8, 4) is 0 Å². The maximum Gasteiger partial charge on any atom is 0.150 e. The van der Waals surface area contributed by atoms with Crippen molar-refractivity contribution in [2.24, 2.45) is 0 Å². The van der Waals surface area contributed by atoms with Gasteiger partial charge in [-0.3, -0.25) is 4.79 Å². The highest BCUT2D eigenvalue weighted by Gasteiger charge is 2.25. The van der Waals surface area contributed by atoms with E-state index in [2.05, 4.69) is 4.90 Å². The maximum absolute atomic E-state index is 10.7. The molecule has 1 unspecified atom stereocenters. The summed E-state index contributed by atoms with van der Waals surface area (Å²) in [4.78, 5) is 13.0. The van der Waals surface area contributed by atoms with Crippen LogP contribution in [-0.4, -0.2) is 30.6 Å². The van der Waals surface area contributed by atoms with Gasteiger partial charge in [-0.2, -0.15) is 0 Å². The summed E-state index contributed by atoms with van der Waals surface area (Å²) in [6, 6.07) is 5.89. The molecule has 1 fully saturated rings. The molecule has 1 aliphatic rings. The molecule has 1 atom stereocenters. The van der Waals surface area contributed by atoms with Gasteiger partial charge in [0.2, 0.25) is 0 Å². The van der Waals surface area contributed by atoms with Crippen molar-refractivity contribution in [2.45, 2.75) is 31.7 Å². The van der Waals surface area contributed by atoms with Crippen molar-refractivity contribution in [3.63, 3.8) is 0 Å². The molecule has 1 heterocycles. The molecular weight excluding hydrogens is 250 g/mol. The summed E-state index contributed by atoms with van der Waals surface area (Å²) in [5.74, 6) is 0. The third-order valence-corrected chi connectivity index (χ3v) is 3.79. The number of aliphatic hydroxyl groups is 1. The van der Waals surface area contributed by atoms with Crippen molar-refractivity contribution >= 4 is 23.6 Å². The number of benzene rings is 1. The van der Waals surface area contributed by atoms with Crippen molar-refractivity contribution in [1.29, 1.82) is 0 Å². The zero-order chi connectivity index (χ0) is 13.0. The summed E-state index contributed by atoms with van der Waals surface area (Å²) in [6.45, 7) is 1.23. The molecule has 1 aromatic carbocycles. The van der Waals surface area contributed by atoms with Gasteiger partial charge in [0.1, 0.15) is 6.29 Å². The lowest BCUT2D eigenvalue weighted by Crippen LogP contribution is -2.29. The number of aldehydes is 1. The third kappa shape index (κ3) is 2.85. The van der Waals surface area contributed by atoms with E-state index in [0.717, 1.165) is 44.2 Å². The minimum Gasteiger partial charge on any atom is -0.396 e. The van der Waals surface area contributed by atoms with Crippen LogP contribution >= 0.6 is 11.6 Å². The predicted molar refractivity (Wildman–Crippen MR) is 73.5 cm³/mol. The average molecular weight is 268 g/mol. The molecular formula is C14H18ClNO2. The zero-order valence-corrected chi connectivity index (χ0v) is 11.1. The SMILES string of the molecule is O=Cc1ccc(N2CCCC2CCCO)c(Cl)c1. The van der Waals surface area contributed by atoms with Crippen LogP contribution in [0.5, 0.6) is 0 Å². The number of carbonyl (C=O) groups is 1. The van der Waals surface area contributed by atoms with E-state index in [1.807, 2.05) is 6.07 Å². The average Bonchev–Trinajstić information content (AvgIpc) is 2.84. The fourth-order valence-corrected chi connectivity index (χ4v) is 2.91. The quantitative estimate of drug-likeness (QED) is 0.834. The van der Waals surface area contributed by atoms with E-state index in [0.29, 0.717) is 16.6 Å². The summed E-state index contributed by atoms with van der Waals surface area (Å²) in [7, 11) is 0. The Hall–Kier alpha value is -1.06. The standard InChI is InChI=1S/C14H18ClNO2/c15-13-9-11(10-18)5-6-14(13)16-7-1-3-12(16)4-2-8-17/h5-6,9-10,12,17H,1-4,7-8H2. The Balaban J connectivity index is 2.16. The number of hydrogen-bond donors (Lipinski definition) is 1. The fraction of sp³-hybridized carbons (Fsp3) is 0.500. The first-order valence-corrected chi connectivity index (χ1v) is 6.76. The highest BCUT2D eigenvalue weighted by molar-refractivity contribution is 6.33. The van der Waals surface area contributed by atoms with Crippen molar-refractivity contribution in [1.82, 2.24) is 0 Å². The van der Waals surface area contributed by atoms with Crippen LogP contribution in [0, 0.1) is 0 Å². The highest BCUT2D eigenvalue weighted by atomic mass is 35.5. The second-order valence-electron chi connectivity index (χ2n) is 4.68. The van der Waals surface area contributed by atoms with Crippen molar-refractivity contribution in [2.75, 3.05) is 18.1 Å². The monoisotopic (exact) mass is 267 g/mol. The van der Waals surface area contributed by atoms with Gasteiger partial charge in [-0.25, -0.2) is 0 Å². The Morgan fingerprint density at radius 1 is 1.50 bits per heavy atom. The van der Waals surface area contributed by atoms with Gasteiger partial charge in [0, 0.05) is 24.8 Å². The lowest BCUT2D eigenvalue weighted by Gasteiger charge is -2.27. The largest absolute Gasteiger partial charge is 0.396 e. The molecule has 4 heteroatoms. The Kier molecular flexibility index (Phi) is 4.61. The second-order valence-corrected chi connectivity index (χ2v) is 5.09. The van der Waals surface area contributed by atoms with E-state index >= 15 is 0 Å². The van der Waals surface area contributed by atoms with Crippen LogP contribution in [0.15, 0.2) is 18.2 Å². The van der Waals surface area contributed by atoms with Crippen molar-refractivity contribution < 1.29 is 9.90 Å². The number of anilines is 1. The molecule has 0 bridgehead atoms. The smallest absolute Gasteiger partial charge is 0.150 e. The summed E-state index contributed by atoms with van der Waals surface area (Å²) in [6.07, 6.45) is 4.92. The number of hydrogen-bond acceptors (Lipinski definition) is 3. The first-order valence-electron chi connectivity index (χ1n) is 6.38. The minimum absolute atomic E-state index is 0.238. The van der Waals surface area contributed by atoms with Crippen LogP contribution in [0.1, 0.15) is 36.0 Å². The van der Waals surface area contributed by atoms with E-state index < -0.39 is 0 Å². The topological polar surface area (TPSA) is 40.5 Å². The first kappa shape index (κ1) is 13.4. The van der Waals surface area contributed by atoms with Gasteiger partial charge in [0.05, 0.1) is 10.7 Å². The van der Waals surface area contributed by atoms with Gasteiger partial charge in [0.15, 0.2) is 0 Å².